The van der Waals surface area contributed by atoms with Crippen molar-refractivity contribution in [2.24, 2.45) is 4.99 Å². The highest BCUT2D eigenvalue weighted by molar-refractivity contribution is 7.20. The largest absolute Gasteiger partial charge is 0.433 e. The van der Waals surface area contributed by atoms with Crippen LogP contribution in [0.15, 0.2) is 64.5 Å². The van der Waals surface area contributed by atoms with Gasteiger partial charge in [0.1, 0.15) is 0 Å². The fourth-order valence-electron chi connectivity index (χ4n) is 3.83. The number of rotatable bonds is 5. The fraction of sp³-hybridized carbons (Fsp3) is 0.174. The first kappa shape index (κ1) is 21.2. The Morgan fingerprint density at radius 1 is 1.15 bits per heavy atom. The average Bonchev–Trinajstić information content (AvgIpc) is 3.48. The van der Waals surface area contributed by atoms with E-state index in [1.54, 1.807) is 24.3 Å². The minimum Gasteiger partial charge on any atom is -0.361 e. The lowest BCUT2D eigenvalue weighted by Gasteiger charge is -2.06. The van der Waals surface area contributed by atoms with E-state index in [4.69, 9.17) is 0 Å². The molecule has 2 aromatic carbocycles. The van der Waals surface area contributed by atoms with Gasteiger partial charge in [-0.15, -0.1) is 0 Å². The number of aromatic nitrogens is 4. The highest BCUT2D eigenvalue weighted by Crippen LogP contribution is 2.31. The summed E-state index contributed by atoms with van der Waals surface area (Å²) in [5.41, 5.74) is 0.202. The number of nitrogens with zero attached hydrogens (tertiary/aromatic N) is 3. The number of para-hydroxylation sites is 2. The normalized spacial score (nSPS) is 12.8. The van der Waals surface area contributed by atoms with Gasteiger partial charge in [-0.25, -0.2) is 4.98 Å². The van der Waals surface area contributed by atoms with Crippen molar-refractivity contribution in [1.29, 1.82) is 0 Å². The molecule has 0 radical (unpaired) electrons. The molecule has 0 atom stereocenters. The summed E-state index contributed by atoms with van der Waals surface area (Å²) >= 11 is 1.14. The Labute approximate surface area is 189 Å². The molecule has 0 amide bonds. The second-order valence-corrected chi connectivity index (χ2v) is 8.55. The molecule has 0 saturated carbocycles. The van der Waals surface area contributed by atoms with Crippen molar-refractivity contribution < 1.29 is 13.2 Å². The van der Waals surface area contributed by atoms with Gasteiger partial charge in [-0.3, -0.25) is 14.9 Å². The molecule has 0 fully saturated rings. The van der Waals surface area contributed by atoms with Gasteiger partial charge in [-0.1, -0.05) is 41.7 Å². The summed E-state index contributed by atoms with van der Waals surface area (Å²) in [5.74, 6) is 0. The molecule has 33 heavy (non-hydrogen) atoms. The number of aliphatic imine (C=N–C) groups is 1. The highest BCUT2D eigenvalue weighted by Gasteiger charge is 2.39. The molecule has 0 aliphatic heterocycles. The third-order valence-electron chi connectivity index (χ3n) is 5.41. The van der Waals surface area contributed by atoms with E-state index in [0.29, 0.717) is 11.9 Å². The van der Waals surface area contributed by atoms with Crippen molar-refractivity contribution in [3.8, 4) is 5.13 Å². The summed E-state index contributed by atoms with van der Waals surface area (Å²) in [5, 5.41) is 3.40. The molecular weight excluding hydrogens is 451 g/mol. The number of hydrogen-bond donors (Lipinski definition) is 2. The lowest BCUT2D eigenvalue weighted by atomic mass is 10.1. The van der Waals surface area contributed by atoms with Crippen molar-refractivity contribution in [3.63, 3.8) is 0 Å². The van der Waals surface area contributed by atoms with Crippen LogP contribution in [0.5, 0.6) is 0 Å². The van der Waals surface area contributed by atoms with E-state index in [0.717, 1.165) is 37.2 Å². The zero-order valence-electron chi connectivity index (χ0n) is 17.4. The van der Waals surface area contributed by atoms with E-state index in [2.05, 4.69) is 20.1 Å². The summed E-state index contributed by atoms with van der Waals surface area (Å²) in [7, 11) is 0. The van der Waals surface area contributed by atoms with Gasteiger partial charge in [0.25, 0.3) is 5.56 Å². The molecule has 168 valence electrons. The Morgan fingerprint density at radius 2 is 1.91 bits per heavy atom. The van der Waals surface area contributed by atoms with Crippen LogP contribution in [0.3, 0.4) is 0 Å². The quantitative estimate of drug-likeness (QED) is 0.342. The van der Waals surface area contributed by atoms with Crippen LogP contribution < -0.4 is 5.56 Å². The number of H-pyrrole nitrogens is 2. The molecule has 10 heteroatoms. The van der Waals surface area contributed by atoms with Crippen LogP contribution in [0, 0.1) is 0 Å². The SMILES string of the molecule is CC(=NCCc1c[nH]c2ccccc12)c1c(C(F)(F)F)[nH]n(-c2nc3ccccc3s2)c1=O. The summed E-state index contributed by atoms with van der Waals surface area (Å²) in [4.78, 5) is 24.8. The predicted molar refractivity (Wildman–Crippen MR) is 124 cm³/mol. The second-order valence-electron chi connectivity index (χ2n) is 7.54. The Kier molecular flexibility index (Phi) is 5.16. The van der Waals surface area contributed by atoms with Crippen molar-refractivity contribution in [3.05, 3.63) is 81.9 Å². The maximum Gasteiger partial charge on any atom is 0.433 e. The molecule has 0 unspecified atom stereocenters. The summed E-state index contributed by atoms with van der Waals surface area (Å²) in [6.45, 7) is 1.68. The number of halogens is 3. The number of nitrogens with one attached hydrogen (secondary N) is 2. The Morgan fingerprint density at radius 3 is 2.70 bits per heavy atom. The summed E-state index contributed by atoms with van der Waals surface area (Å²) in [6.07, 6.45) is -2.35. The first-order chi connectivity index (χ1) is 15.8. The van der Waals surface area contributed by atoms with E-state index < -0.39 is 23.0 Å². The van der Waals surface area contributed by atoms with Gasteiger partial charge in [-0.2, -0.15) is 17.9 Å². The van der Waals surface area contributed by atoms with Crippen molar-refractivity contribution in [1.82, 2.24) is 19.7 Å². The fourth-order valence-corrected chi connectivity index (χ4v) is 4.76. The molecule has 0 aliphatic rings. The average molecular weight is 469 g/mol. The van der Waals surface area contributed by atoms with Crippen molar-refractivity contribution >= 4 is 38.2 Å². The highest BCUT2D eigenvalue weighted by atomic mass is 32.1. The number of aromatic amines is 2. The molecular formula is C23H18F3N5OS. The van der Waals surface area contributed by atoms with Crippen LogP contribution in [0.4, 0.5) is 13.2 Å². The molecule has 6 nitrogen and oxygen atoms in total. The van der Waals surface area contributed by atoms with Gasteiger partial charge in [0.2, 0.25) is 5.13 Å². The van der Waals surface area contributed by atoms with E-state index in [-0.39, 0.29) is 17.4 Å². The molecule has 0 saturated heterocycles. The van der Waals surface area contributed by atoms with Crippen LogP contribution in [0.25, 0.3) is 26.3 Å². The number of thiazole rings is 1. The summed E-state index contributed by atoms with van der Waals surface area (Å²) in [6, 6.07) is 14.9. The third-order valence-corrected chi connectivity index (χ3v) is 6.44. The lowest BCUT2D eigenvalue weighted by molar-refractivity contribution is -0.141. The zero-order chi connectivity index (χ0) is 23.2. The number of benzene rings is 2. The molecule has 5 rings (SSSR count). The van der Waals surface area contributed by atoms with E-state index in [1.807, 2.05) is 30.5 Å². The first-order valence-electron chi connectivity index (χ1n) is 10.2. The monoisotopic (exact) mass is 469 g/mol. The summed E-state index contributed by atoms with van der Waals surface area (Å²) < 4.78 is 43.0. The third kappa shape index (κ3) is 3.86. The lowest BCUT2D eigenvalue weighted by Crippen LogP contribution is -2.21. The van der Waals surface area contributed by atoms with Crippen molar-refractivity contribution in [2.75, 3.05) is 6.54 Å². The molecule has 2 N–H and O–H groups in total. The molecule has 0 spiro atoms. The van der Waals surface area contributed by atoms with Crippen molar-refractivity contribution in [2.45, 2.75) is 19.5 Å². The van der Waals surface area contributed by atoms with Gasteiger partial charge in [0.15, 0.2) is 5.69 Å². The first-order valence-corrected chi connectivity index (χ1v) is 11.0. The molecule has 3 heterocycles. The molecule has 3 aromatic heterocycles. The Balaban J connectivity index is 1.50. The minimum absolute atomic E-state index is 0.0308. The van der Waals surface area contributed by atoms with E-state index in [9.17, 15) is 18.0 Å². The smallest absolute Gasteiger partial charge is 0.361 e. The van der Waals surface area contributed by atoms with Gasteiger partial charge < -0.3 is 4.98 Å². The maximum absolute atomic E-state index is 13.8. The Bertz CT molecular complexity index is 1520. The molecule has 0 bridgehead atoms. The number of alkyl halides is 3. The Hall–Kier alpha value is -3.66. The van der Waals surface area contributed by atoms with Gasteiger partial charge >= 0.3 is 6.18 Å². The minimum atomic E-state index is -4.75. The zero-order valence-corrected chi connectivity index (χ0v) is 18.2. The van der Waals surface area contributed by atoms with Crippen LogP contribution in [0.1, 0.15) is 23.7 Å². The second kappa shape index (κ2) is 8.04. The van der Waals surface area contributed by atoms with Crippen LogP contribution in [-0.2, 0) is 12.6 Å². The molecule has 0 aliphatic carbocycles. The van der Waals surface area contributed by atoms with Crippen LogP contribution >= 0.6 is 11.3 Å². The van der Waals surface area contributed by atoms with Gasteiger partial charge in [-0.05, 0) is 37.1 Å². The number of hydrogen-bond acceptors (Lipinski definition) is 4. The van der Waals surface area contributed by atoms with E-state index in [1.165, 1.54) is 6.92 Å². The molecule has 5 aromatic rings. The van der Waals surface area contributed by atoms with Crippen LogP contribution in [-0.4, -0.2) is 32.0 Å². The predicted octanol–water partition coefficient (Wildman–Crippen LogP) is 5.33. The number of fused-ring (bicyclic) bond motifs is 2. The maximum atomic E-state index is 13.8. The van der Waals surface area contributed by atoms with E-state index >= 15 is 0 Å². The van der Waals surface area contributed by atoms with Crippen LogP contribution in [0.2, 0.25) is 0 Å². The standard InChI is InChI=1S/C23H18F3N5OS/c1-13(27-11-10-14-12-28-16-7-3-2-6-15(14)16)19-20(23(24,25)26)30-31(21(19)32)22-29-17-8-4-5-9-18(17)33-22/h2-9,12,28,30H,10-11H2,1H3. The topological polar surface area (TPSA) is 78.8 Å². The van der Waals surface area contributed by atoms with Gasteiger partial charge in [0.05, 0.1) is 15.8 Å². The van der Waals surface area contributed by atoms with Gasteiger partial charge in [0, 0.05) is 29.4 Å².